The average Bonchev–Trinajstić information content (AvgIpc) is 2.14. The van der Waals surface area contributed by atoms with Gasteiger partial charge in [0.1, 0.15) is 0 Å². The van der Waals surface area contributed by atoms with Crippen molar-refractivity contribution < 1.29 is 13.5 Å². The van der Waals surface area contributed by atoms with Gasteiger partial charge in [-0.2, -0.15) is 8.78 Å². The van der Waals surface area contributed by atoms with Crippen LogP contribution in [-0.4, -0.2) is 48.3 Å². The lowest BCUT2D eigenvalue weighted by atomic mass is 9.87. The summed E-state index contributed by atoms with van der Waals surface area (Å²) in [5, 5.41) is 2.80. The molecule has 0 aliphatic carbocycles. The van der Waals surface area contributed by atoms with Crippen LogP contribution in [0.4, 0.5) is 8.78 Å². The number of ether oxygens (including phenoxy) is 1. The van der Waals surface area contributed by atoms with E-state index < -0.39 is 11.7 Å². The van der Waals surface area contributed by atoms with Crippen molar-refractivity contribution in [2.24, 2.45) is 0 Å². The van der Waals surface area contributed by atoms with Gasteiger partial charge in [0.2, 0.25) is 0 Å². The van der Waals surface area contributed by atoms with E-state index in [1.165, 1.54) is 0 Å². The Bertz CT molecular complexity index is 281. The molecule has 0 aromatic rings. The lowest BCUT2D eigenvalue weighted by Gasteiger charge is -2.49. The molecule has 0 bridgehead atoms. The van der Waals surface area contributed by atoms with Gasteiger partial charge >= 0.3 is 6.11 Å². The fourth-order valence-corrected chi connectivity index (χ4v) is 2.69. The first-order valence-corrected chi connectivity index (χ1v) is 6.26. The fraction of sp³-hybridized carbons (Fsp3) is 1.00. The van der Waals surface area contributed by atoms with Crippen LogP contribution in [0.2, 0.25) is 0 Å². The Morgan fingerprint density at radius 2 is 1.71 bits per heavy atom. The van der Waals surface area contributed by atoms with Crippen LogP contribution in [0.15, 0.2) is 0 Å². The third-order valence-corrected chi connectivity index (χ3v) is 3.77. The van der Waals surface area contributed by atoms with Crippen molar-refractivity contribution in [1.29, 1.82) is 0 Å². The van der Waals surface area contributed by atoms with Gasteiger partial charge in [-0.05, 0) is 33.6 Å². The molecule has 2 aliphatic rings. The van der Waals surface area contributed by atoms with Crippen molar-refractivity contribution in [3.05, 3.63) is 0 Å². The molecule has 0 unspecified atom stereocenters. The maximum absolute atomic E-state index is 13.3. The number of morpholine rings is 1. The molecule has 0 saturated carbocycles. The monoisotopic (exact) mass is 248 g/mol. The van der Waals surface area contributed by atoms with Gasteiger partial charge in [0.05, 0.1) is 12.1 Å². The molecule has 17 heavy (non-hydrogen) atoms. The minimum absolute atomic E-state index is 0.103. The van der Waals surface area contributed by atoms with Crippen molar-refractivity contribution in [3.63, 3.8) is 0 Å². The van der Waals surface area contributed by atoms with Crippen molar-refractivity contribution >= 4 is 0 Å². The number of halogens is 2. The zero-order valence-corrected chi connectivity index (χ0v) is 10.9. The predicted molar refractivity (Wildman–Crippen MR) is 62.2 cm³/mol. The van der Waals surface area contributed by atoms with E-state index in [2.05, 4.69) is 31.0 Å². The third-order valence-electron chi connectivity index (χ3n) is 3.77. The highest BCUT2D eigenvalue weighted by atomic mass is 19.3. The quantitative estimate of drug-likeness (QED) is 0.708. The van der Waals surface area contributed by atoms with Crippen LogP contribution in [0.25, 0.3) is 0 Å². The molecule has 2 saturated heterocycles. The molecule has 1 N–H and O–H groups in total. The molecule has 2 heterocycles. The summed E-state index contributed by atoms with van der Waals surface area (Å²) in [5.74, 6) is 0. The highest BCUT2D eigenvalue weighted by Gasteiger charge is 2.48. The van der Waals surface area contributed by atoms with Gasteiger partial charge in [-0.1, -0.05) is 0 Å². The molecule has 2 fully saturated rings. The number of rotatable bonds is 0. The maximum atomic E-state index is 13.3. The largest absolute Gasteiger partial charge is 0.368 e. The van der Waals surface area contributed by atoms with Gasteiger partial charge < -0.3 is 10.1 Å². The van der Waals surface area contributed by atoms with E-state index in [9.17, 15) is 8.78 Å². The zero-order valence-electron chi connectivity index (χ0n) is 10.9. The van der Waals surface area contributed by atoms with Gasteiger partial charge in [0.25, 0.3) is 0 Å². The maximum Gasteiger partial charge on any atom is 0.368 e. The van der Waals surface area contributed by atoms with Gasteiger partial charge in [0, 0.05) is 25.2 Å². The molecule has 3 nitrogen and oxygen atoms in total. The second-order valence-corrected chi connectivity index (χ2v) is 6.18. The minimum Gasteiger partial charge on any atom is -0.311 e. The molecule has 0 atom stereocenters. The third kappa shape index (κ3) is 2.95. The molecular formula is C12H22F2N2O. The molecule has 0 radical (unpaired) electrons. The van der Waals surface area contributed by atoms with Crippen molar-refractivity contribution in [2.75, 3.05) is 26.2 Å². The summed E-state index contributed by atoms with van der Waals surface area (Å²) in [6.07, 6.45) is -1.66. The zero-order chi connectivity index (χ0) is 12.7. The molecule has 2 rings (SSSR count). The molecule has 5 heteroatoms. The first-order chi connectivity index (χ1) is 7.73. The van der Waals surface area contributed by atoms with E-state index in [0.29, 0.717) is 19.4 Å². The molecule has 1 spiro atoms. The van der Waals surface area contributed by atoms with Gasteiger partial charge in [-0.3, -0.25) is 4.90 Å². The first kappa shape index (κ1) is 13.2. The summed E-state index contributed by atoms with van der Waals surface area (Å²) in [7, 11) is 0. The number of nitrogens with one attached hydrogen (secondary N) is 1. The Morgan fingerprint density at radius 1 is 1.12 bits per heavy atom. The van der Waals surface area contributed by atoms with E-state index in [1.807, 2.05) is 0 Å². The summed E-state index contributed by atoms with van der Waals surface area (Å²) in [6, 6.07) is 0. The van der Waals surface area contributed by atoms with E-state index >= 15 is 0 Å². The number of likely N-dealkylation sites (tertiary alicyclic amines) is 1. The van der Waals surface area contributed by atoms with E-state index in [1.54, 1.807) is 0 Å². The normalized spacial score (nSPS) is 29.5. The molecule has 2 aliphatic heterocycles. The van der Waals surface area contributed by atoms with Crippen LogP contribution >= 0.6 is 0 Å². The topological polar surface area (TPSA) is 24.5 Å². The number of piperidine rings is 1. The first-order valence-electron chi connectivity index (χ1n) is 6.26. The van der Waals surface area contributed by atoms with Crippen LogP contribution in [0.3, 0.4) is 0 Å². The lowest BCUT2D eigenvalue weighted by molar-refractivity contribution is -0.316. The summed E-state index contributed by atoms with van der Waals surface area (Å²) in [5.41, 5.74) is -0.560. The van der Waals surface area contributed by atoms with E-state index in [-0.39, 0.29) is 12.1 Å². The number of hydrogen-bond acceptors (Lipinski definition) is 3. The minimum atomic E-state index is -3.01. The smallest absolute Gasteiger partial charge is 0.311 e. The van der Waals surface area contributed by atoms with Gasteiger partial charge in [-0.15, -0.1) is 0 Å². The van der Waals surface area contributed by atoms with Gasteiger partial charge in [0.15, 0.2) is 0 Å². The Labute approximate surface area is 101 Å². The van der Waals surface area contributed by atoms with Crippen LogP contribution < -0.4 is 5.32 Å². The highest BCUT2D eigenvalue weighted by Crippen LogP contribution is 2.36. The van der Waals surface area contributed by atoms with Crippen molar-refractivity contribution in [1.82, 2.24) is 10.2 Å². The Kier molecular flexibility index (Phi) is 3.21. The summed E-state index contributed by atoms with van der Waals surface area (Å²) < 4.78 is 31.6. The lowest BCUT2D eigenvalue weighted by Crippen LogP contribution is -2.62. The Balaban J connectivity index is 1.98. The SMILES string of the molecule is CC(C)(C)N1CCC2(CC1)CNCC(F)(F)O2. The summed E-state index contributed by atoms with van der Waals surface area (Å²) in [4.78, 5) is 2.33. The molecule has 100 valence electrons. The molecule has 0 amide bonds. The highest BCUT2D eigenvalue weighted by molar-refractivity contribution is 4.95. The molecular weight excluding hydrogens is 226 g/mol. The second kappa shape index (κ2) is 4.14. The van der Waals surface area contributed by atoms with Crippen LogP contribution in [0.5, 0.6) is 0 Å². The second-order valence-electron chi connectivity index (χ2n) is 6.18. The fourth-order valence-electron chi connectivity index (χ4n) is 2.69. The summed E-state index contributed by atoms with van der Waals surface area (Å²) >= 11 is 0. The Hall–Kier alpha value is -0.260. The molecule has 0 aromatic carbocycles. The van der Waals surface area contributed by atoms with Crippen LogP contribution in [0.1, 0.15) is 33.6 Å². The average molecular weight is 248 g/mol. The standard InChI is InChI=1S/C12H22F2N2O/c1-10(2,3)16-6-4-11(5-7-16)8-15-9-12(13,14)17-11/h15H,4-9H2,1-3H3. The van der Waals surface area contributed by atoms with E-state index in [4.69, 9.17) is 4.74 Å². The van der Waals surface area contributed by atoms with Crippen molar-refractivity contribution in [3.8, 4) is 0 Å². The van der Waals surface area contributed by atoms with E-state index in [0.717, 1.165) is 13.1 Å². The number of alkyl halides is 2. The van der Waals surface area contributed by atoms with Gasteiger partial charge in [-0.25, -0.2) is 0 Å². The Morgan fingerprint density at radius 3 is 2.18 bits per heavy atom. The number of nitrogens with zero attached hydrogens (tertiary/aromatic N) is 1. The van der Waals surface area contributed by atoms with Crippen molar-refractivity contribution in [2.45, 2.75) is 50.9 Å². The molecule has 0 aromatic heterocycles. The summed E-state index contributed by atoms with van der Waals surface area (Å²) in [6.45, 7) is 8.28. The number of hydrogen-bond donors (Lipinski definition) is 1. The van der Waals surface area contributed by atoms with Crippen LogP contribution in [-0.2, 0) is 4.74 Å². The predicted octanol–water partition coefficient (Wildman–Crippen LogP) is 1.83. The van der Waals surface area contributed by atoms with Crippen LogP contribution in [0, 0.1) is 0 Å².